The van der Waals surface area contributed by atoms with Crippen molar-refractivity contribution in [3.63, 3.8) is 0 Å². The fraction of sp³-hybridized carbons (Fsp3) is 0.818. The molecule has 0 bridgehead atoms. The summed E-state index contributed by atoms with van der Waals surface area (Å²) in [7, 11) is 0. The van der Waals surface area contributed by atoms with E-state index in [1.807, 2.05) is 0 Å². The zero-order valence-electron chi connectivity index (χ0n) is 17.9. The van der Waals surface area contributed by atoms with Crippen LogP contribution in [0.2, 0.25) is 0 Å². The molecule has 7 nitrogen and oxygen atoms in total. The quantitative estimate of drug-likeness (QED) is 0.622. The summed E-state index contributed by atoms with van der Waals surface area (Å²) in [6, 6.07) is 0. The summed E-state index contributed by atoms with van der Waals surface area (Å²) < 4.78 is 5.55. The standard InChI is InChI=1S/C22H38N4O3/c1-2-3-9-19(27)15-25-10-12-26(13-11-25)16-21-24-20(17-29-21)22(28)23-14-18-7-5-4-6-8-18/h17-19,27H,2-16H2,1H3,(H,23,28)/t19-/m1/s1. The molecule has 0 aromatic carbocycles. The van der Waals surface area contributed by atoms with Crippen LogP contribution in [0, 0.1) is 5.92 Å². The molecule has 0 unspecified atom stereocenters. The monoisotopic (exact) mass is 406 g/mol. The summed E-state index contributed by atoms with van der Waals surface area (Å²) >= 11 is 0. The number of nitrogens with zero attached hydrogens (tertiary/aromatic N) is 3. The number of carbonyl (C=O) groups excluding carboxylic acids is 1. The van der Waals surface area contributed by atoms with Crippen molar-refractivity contribution in [2.75, 3.05) is 39.3 Å². The van der Waals surface area contributed by atoms with Crippen molar-refractivity contribution in [2.24, 2.45) is 5.92 Å². The molecule has 3 rings (SSSR count). The number of nitrogens with one attached hydrogen (secondary N) is 1. The van der Waals surface area contributed by atoms with Gasteiger partial charge in [0.25, 0.3) is 5.91 Å². The van der Waals surface area contributed by atoms with Gasteiger partial charge in [0.1, 0.15) is 6.26 Å². The number of aliphatic hydroxyl groups is 1. The first-order valence-electron chi connectivity index (χ1n) is 11.5. The number of carbonyl (C=O) groups is 1. The molecule has 2 heterocycles. The van der Waals surface area contributed by atoms with Crippen molar-refractivity contribution in [2.45, 2.75) is 70.9 Å². The zero-order valence-corrected chi connectivity index (χ0v) is 17.9. The van der Waals surface area contributed by atoms with E-state index < -0.39 is 0 Å². The van der Waals surface area contributed by atoms with E-state index in [1.54, 1.807) is 0 Å². The predicted molar refractivity (Wildman–Crippen MR) is 113 cm³/mol. The van der Waals surface area contributed by atoms with Crippen LogP contribution >= 0.6 is 0 Å². The van der Waals surface area contributed by atoms with E-state index in [2.05, 4.69) is 27.0 Å². The second kappa shape index (κ2) is 11.7. The van der Waals surface area contributed by atoms with Crippen molar-refractivity contribution in [3.8, 4) is 0 Å². The summed E-state index contributed by atoms with van der Waals surface area (Å²) in [6.45, 7) is 8.02. The zero-order chi connectivity index (χ0) is 20.5. The van der Waals surface area contributed by atoms with E-state index >= 15 is 0 Å². The highest BCUT2D eigenvalue weighted by Crippen LogP contribution is 2.22. The van der Waals surface area contributed by atoms with E-state index in [1.165, 1.54) is 38.4 Å². The molecular formula is C22H38N4O3. The highest BCUT2D eigenvalue weighted by Gasteiger charge is 2.22. The number of piperazine rings is 1. The predicted octanol–water partition coefficient (Wildman–Crippen LogP) is 2.65. The van der Waals surface area contributed by atoms with Crippen LogP contribution in [0.5, 0.6) is 0 Å². The van der Waals surface area contributed by atoms with Gasteiger partial charge in [-0.05, 0) is 25.2 Å². The number of unbranched alkanes of at least 4 members (excludes halogenated alkanes) is 1. The van der Waals surface area contributed by atoms with Gasteiger partial charge in [0.2, 0.25) is 5.89 Å². The molecule has 164 valence electrons. The molecule has 2 aliphatic rings. The Balaban J connectivity index is 1.36. The molecule has 1 aromatic rings. The number of hydrogen-bond acceptors (Lipinski definition) is 6. The van der Waals surface area contributed by atoms with Crippen molar-refractivity contribution >= 4 is 5.91 Å². The maximum atomic E-state index is 12.3. The molecule has 2 fully saturated rings. The summed E-state index contributed by atoms with van der Waals surface area (Å²) in [6.07, 6.45) is 10.7. The van der Waals surface area contributed by atoms with E-state index in [0.29, 0.717) is 24.0 Å². The number of β-amino-alcohol motifs (C(OH)–C–C–N with tert-alkyl or cyclic N) is 1. The average Bonchev–Trinajstić information content (AvgIpc) is 3.21. The molecule has 1 atom stereocenters. The topological polar surface area (TPSA) is 81.8 Å². The Labute approximate surface area is 174 Å². The summed E-state index contributed by atoms with van der Waals surface area (Å²) in [4.78, 5) is 21.4. The summed E-state index contributed by atoms with van der Waals surface area (Å²) in [5, 5.41) is 13.1. The minimum Gasteiger partial charge on any atom is -0.447 e. The third-order valence-corrected chi connectivity index (χ3v) is 6.24. The Bertz CT molecular complexity index is 607. The first-order valence-corrected chi connectivity index (χ1v) is 11.5. The number of oxazole rings is 1. The van der Waals surface area contributed by atoms with Crippen molar-refractivity contribution in [1.82, 2.24) is 20.1 Å². The molecule has 2 N–H and O–H groups in total. The summed E-state index contributed by atoms with van der Waals surface area (Å²) in [5.41, 5.74) is 0.383. The number of aliphatic hydroxyl groups excluding tert-OH is 1. The van der Waals surface area contributed by atoms with Gasteiger partial charge in [-0.15, -0.1) is 0 Å². The third-order valence-electron chi connectivity index (χ3n) is 6.24. The number of rotatable bonds is 10. The minimum absolute atomic E-state index is 0.128. The molecular weight excluding hydrogens is 368 g/mol. The van der Waals surface area contributed by atoms with Crippen LogP contribution < -0.4 is 5.32 Å². The largest absolute Gasteiger partial charge is 0.447 e. The van der Waals surface area contributed by atoms with Gasteiger partial charge in [0, 0.05) is 39.3 Å². The lowest BCUT2D eigenvalue weighted by Crippen LogP contribution is -2.48. The van der Waals surface area contributed by atoms with Crippen LogP contribution in [-0.2, 0) is 6.54 Å². The molecule has 1 saturated heterocycles. The van der Waals surface area contributed by atoms with Crippen LogP contribution in [-0.4, -0.2) is 71.2 Å². The SMILES string of the molecule is CCCC[C@@H](O)CN1CCN(Cc2nc(C(=O)NCC3CCCCC3)co2)CC1. The molecule has 1 amide bonds. The van der Waals surface area contributed by atoms with Gasteiger partial charge in [-0.3, -0.25) is 14.6 Å². The second-order valence-electron chi connectivity index (χ2n) is 8.71. The highest BCUT2D eigenvalue weighted by atomic mass is 16.3. The summed E-state index contributed by atoms with van der Waals surface area (Å²) in [5.74, 6) is 1.08. The van der Waals surface area contributed by atoms with Gasteiger partial charge >= 0.3 is 0 Å². The fourth-order valence-electron chi connectivity index (χ4n) is 4.36. The van der Waals surface area contributed by atoms with Crippen LogP contribution in [0.25, 0.3) is 0 Å². The maximum absolute atomic E-state index is 12.3. The van der Waals surface area contributed by atoms with Crippen molar-refractivity contribution in [1.29, 1.82) is 0 Å². The van der Waals surface area contributed by atoms with E-state index in [0.717, 1.165) is 58.5 Å². The molecule has 1 saturated carbocycles. The normalized spacial score (nSPS) is 20.6. The van der Waals surface area contributed by atoms with Crippen LogP contribution in [0.3, 0.4) is 0 Å². The molecule has 29 heavy (non-hydrogen) atoms. The van der Waals surface area contributed by atoms with Crippen molar-refractivity contribution < 1.29 is 14.3 Å². The molecule has 0 spiro atoms. The smallest absolute Gasteiger partial charge is 0.273 e. The average molecular weight is 407 g/mol. The number of hydrogen-bond donors (Lipinski definition) is 2. The molecule has 1 aliphatic heterocycles. The lowest BCUT2D eigenvalue weighted by atomic mass is 9.89. The van der Waals surface area contributed by atoms with Crippen LogP contribution in [0.1, 0.15) is 74.7 Å². The van der Waals surface area contributed by atoms with Gasteiger partial charge in [0.15, 0.2) is 5.69 Å². The first kappa shape index (κ1) is 22.2. The lowest BCUT2D eigenvalue weighted by molar-refractivity contribution is 0.0627. The molecule has 1 aromatic heterocycles. The van der Waals surface area contributed by atoms with Crippen molar-refractivity contribution in [3.05, 3.63) is 17.8 Å². The van der Waals surface area contributed by atoms with E-state index in [-0.39, 0.29) is 12.0 Å². The van der Waals surface area contributed by atoms with E-state index in [9.17, 15) is 9.90 Å². The van der Waals surface area contributed by atoms with Gasteiger partial charge < -0.3 is 14.8 Å². The fourth-order valence-corrected chi connectivity index (χ4v) is 4.36. The Morgan fingerprint density at radius 1 is 1.24 bits per heavy atom. The number of amides is 1. The molecule has 1 aliphatic carbocycles. The Morgan fingerprint density at radius 3 is 2.69 bits per heavy atom. The Hall–Kier alpha value is -1.44. The van der Waals surface area contributed by atoms with Gasteiger partial charge in [0.05, 0.1) is 12.6 Å². The Morgan fingerprint density at radius 2 is 1.97 bits per heavy atom. The second-order valence-corrected chi connectivity index (χ2v) is 8.71. The van der Waals surface area contributed by atoms with E-state index in [4.69, 9.17) is 4.42 Å². The lowest BCUT2D eigenvalue weighted by Gasteiger charge is -2.35. The van der Waals surface area contributed by atoms with Gasteiger partial charge in [-0.2, -0.15) is 0 Å². The van der Waals surface area contributed by atoms with Gasteiger partial charge in [-0.1, -0.05) is 39.0 Å². The van der Waals surface area contributed by atoms with Crippen LogP contribution in [0.4, 0.5) is 0 Å². The molecule has 7 heteroatoms. The third kappa shape index (κ3) is 7.39. The number of aromatic nitrogens is 1. The minimum atomic E-state index is -0.220. The Kier molecular flexibility index (Phi) is 8.95. The molecule has 0 radical (unpaired) electrons. The first-order chi connectivity index (χ1) is 14.1. The van der Waals surface area contributed by atoms with Crippen LogP contribution in [0.15, 0.2) is 10.7 Å². The maximum Gasteiger partial charge on any atom is 0.273 e. The van der Waals surface area contributed by atoms with Gasteiger partial charge in [-0.25, -0.2) is 4.98 Å². The highest BCUT2D eigenvalue weighted by molar-refractivity contribution is 5.91.